The van der Waals surface area contributed by atoms with Crippen molar-refractivity contribution in [2.24, 2.45) is 11.8 Å². The van der Waals surface area contributed by atoms with E-state index in [0.29, 0.717) is 16.7 Å². The second-order valence-electron chi connectivity index (χ2n) is 7.27. The van der Waals surface area contributed by atoms with Crippen LogP contribution in [0.2, 0.25) is 0 Å². The molecule has 154 valence electrons. The van der Waals surface area contributed by atoms with Crippen molar-refractivity contribution in [2.75, 3.05) is 7.11 Å². The quantitative estimate of drug-likeness (QED) is 0.518. The van der Waals surface area contributed by atoms with Gasteiger partial charge in [0.1, 0.15) is 28.7 Å². The molecule has 0 fully saturated rings. The van der Waals surface area contributed by atoms with Crippen molar-refractivity contribution < 1.29 is 18.7 Å². The molecule has 0 bridgehead atoms. The first-order chi connectivity index (χ1) is 14.4. The lowest BCUT2D eigenvalue weighted by Crippen LogP contribution is -2.29. The van der Waals surface area contributed by atoms with Crippen LogP contribution in [0.1, 0.15) is 25.2 Å². The molecule has 0 radical (unpaired) electrons. The van der Waals surface area contributed by atoms with Gasteiger partial charge in [-0.15, -0.1) is 0 Å². The number of carbonyl (C=O) groups is 2. The number of Topliss-reactive ketones (excluding diaryl/α,β-unsaturated/α-hetero) is 2. The first-order valence-corrected chi connectivity index (χ1v) is 9.74. The fourth-order valence-electron chi connectivity index (χ4n) is 3.62. The maximum atomic E-state index is 12.4. The van der Waals surface area contributed by atoms with Crippen molar-refractivity contribution in [3.63, 3.8) is 0 Å². The van der Waals surface area contributed by atoms with Gasteiger partial charge in [0.25, 0.3) is 0 Å². The first-order valence-electron chi connectivity index (χ1n) is 9.74. The lowest BCUT2D eigenvalue weighted by atomic mass is 9.82. The van der Waals surface area contributed by atoms with E-state index in [4.69, 9.17) is 9.15 Å². The Morgan fingerprint density at radius 2 is 1.70 bits per heavy atom. The van der Waals surface area contributed by atoms with Crippen LogP contribution in [-0.4, -0.2) is 18.7 Å². The van der Waals surface area contributed by atoms with Gasteiger partial charge in [-0.2, -0.15) is 0 Å². The third-order valence-electron chi connectivity index (χ3n) is 5.08. The summed E-state index contributed by atoms with van der Waals surface area (Å²) in [7, 11) is 1.60. The highest BCUT2D eigenvalue weighted by atomic mass is 16.5. The predicted molar refractivity (Wildman–Crippen MR) is 117 cm³/mol. The van der Waals surface area contributed by atoms with Crippen LogP contribution >= 0.6 is 0 Å². The topological polar surface area (TPSA) is 73.6 Å². The maximum Gasteiger partial charge on any atom is 0.192 e. The Morgan fingerprint density at radius 3 is 2.33 bits per heavy atom. The molecule has 1 heterocycles. The minimum atomic E-state index is -0.809. The summed E-state index contributed by atoms with van der Waals surface area (Å²) in [5.74, 6) is -0.490. The van der Waals surface area contributed by atoms with E-state index in [-0.39, 0.29) is 23.4 Å². The normalized spacial score (nSPS) is 12.4. The van der Waals surface area contributed by atoms with Gasteiger partial charge in [-0.1, -0.05) is 36.4 Å². The number of ether oxygens (including phenoxy) is 1. The van der Waals surface area contributed by atoms with Crippen LogP contribution in [0.4, 0.5) is 0 Å². The SMILES string of the molecule is COc1ccc(/C=C/C(Cc2cc(=O)c3ccccc3o2)C(C(C)=O)C(C)=O)cc1. The summed E-state index contributed by atoms with van der Waals surface area (Å²) in [6.07, 6.45) is 3.96. The molecule has 0 N–H and O–H groups in total. The highest BCUT2D eigenvalue weighted by Gasteiger charge is 2.29. The van der Waals surface area contributed by atoms with Crippen LogP contribution in [0.5, 0.6) is 5.75 Å². The van der Waals surface area contributed by atoms with Crippen LogP contribution in [0.3, 0.4) is 0 Å². The van der Waals surface area contributed by atoms with Gasteiger partial charge in [0.2, 0.25) is 0 Å². The van der Waals surface area contributed by atoms with Crippen molar-refractivity contribution >= 4 is 28.6 Å². The molecule has 3 rings (SSSR count). The molecular formula is C25H24O5. The van der Waals surface area contributed by atoms with Crippen LogP contribution in [-0.2, 0) is 16.0 Å². The number of rotatable bonds is 8. The van der Waals surface area contributed by atoms with Crippen LogP contribution < -0.4 is 10.2 Å². The number of allylic oxidation sites excluding steroid dienone is 1. The molecule has 5 heteroatoms. The van der Waals surface area contributed by atoms with Gasteiger partial charge in [0.05, 0.1) is 18.4 Å². The predicted octanol–water partition coefficient (Wildman–Crippen LogP) is 4.47. The molecule has 5 nitrogen and oxygen atoms in total. The number of fused-ring (bicyclic) bond motifs is 1. The van der Waals surface area contributed by atoms with E-state index >= 15 is 0 Å². The van der Waals surface area contributed by atoms with Crippen molar-refractivity contribution in [1.82, 2.24) is 0 Å². The van der Waals surface area contributed by atoms with Crippen LogP contribution in [0, 0.1) is 11.8 Å². The van der Waals surface area contributed by atoms with Gasteiger partial charge >= 0.3 is 0 Å². The average molecular weight is 404 g/mol. The zero-order valence-corrected chi connectivity index (χ0v) is 17.3. The highest BCUT2D eigenvalue weighted by Crippen LogP contribution is 2.24. The lowest BCUT2D eigenvalue weighted by Gasteiger charge is -2.20. The van der Waals surface area contributed by atoms with Gasteiger partial charge in [0.15, 0.2) is 5.43 Å². The average Bonchev–Trinajstić information content (AvgIpc) is 2.72. The van der Waals surface area contributed by atoms with Crippen LogP contribution in [0.25, 0.3) is 17.0 Å². The zero-order chi connectivity index (χ0) is 21.7. The van der Waals surface area contributed by atoms with Gasteiger partial charge in [-0.3, -0.25) is 14.4 Å². The van der Waals surface area contributed by atoms with Gasteiger partial charge in [-0.25, -0.2) is 0 Å². The van der Waals surface area contributed by atoms with E-state index < -0.39 is 11.8 Å². The van der Waals surface area contributed by atoms with E-state index in [1.165, 1.54) is 19.9 Å². The van der Waals surface area contributed by atoms with E-state index in [0.717, 1.165) is 11.3 Å². The number of benzene rings is 2. The summed E-state index contributed by atoms with van der Waals surface area (Å²) in [5.41, 5.74) is 1.25. The largest absolute Gasteiger partial charge is 0.497 e. The molecular weight excluding hydrogens is 380 g/mol. The highest BCUT2D eigenvalue weighted by molar-refractivity contribution is 6.00. The Kier molecular flexibility index (Phi) is 6.62. The fourth-order valence-corrected chi connectivity index (χ4v) is 3.62. The summed E-state index contributed by atoms with van der Waals surface area (Å²) in [5, 5.41) is 0.501. The molecule has 30 heavy (non-hydrogen) atoms. The Balaban J connectivity index is 1.96. The number of carbonyl (C=O) groups excluding carboxylic acids is 2. The molecule has 0 amide bonds. The monoisotopic (exact) mass is 404 g/mol. The van der Waals surface area contributed by atoms with Crippen molar-refractivity contribution in [3.8, 4) is 5.75 Å². The molecule has 3 aromatic rings. The van der Waals surface area contributed by atoms with E-state index in [9.17, 15) is 14.4 Å². The fraction of sp³-hybridized carbons (Fsp3) is 0.240. The van der Waals surface area contributed by atoms with Gasteiger partial charge in [0, 0.05) is 18.4 Å². The number of hydrogen-bond acceptors (Lipinski definition) is 5. The van der Waals surface area contributed by atoms with E-state index in [2.05, 4.69) is 0 Å². The molecule has 0 aliphatic rings. The minimum absolute atomic E-state index is 0.146. The molecule has 0 aliphatic heterocycles. The van der Waals surface area contributed by atoms with Crippen molar-refractivity contribution in [2.45, 2.75) is 20.3 Å². The number of hydrogen-bond donors (Lipinski definition) is 0. The molecule has 0 spiro atoms. The Bertz CT molecular complexity index is 1120. The number of para-hydroxylation sites is 1. The van der Waals surface area contributed by atoms with Crippen molar-refractivity contribution in [1.29, 1.82) is 0 Å². The van der Waals surface area contributed by atoms with Gasteiger partial charge in [-0.05, 0) is 43.7 Å². The molecule has 0 aliphatic carbocycles. The first kappa shape index (κ1) is 21.2. The minimum Gasteiger partial charge on any atom is -0.497 e. The summed E-state index contributed by atoms with van der Waals surface area (Å²) < 4.78 is 11.1. The Hall–Kier alpha value is -3.47. The third-order valence-corrected chi connectivity index (χ3v) is 5.08. The second-order valence-corrected chi connectivity index (χ2v) is 7.27. The molecule has 1 atom stereocenters. The molecule has 1 aromatic heterocycles. The molecule has 1 unspecified atom stereocenters. The van der Waals surface area contributed by atoms with Crippen molar-refractivity contribution in [3.05, 3.63) is 82.2 Å². The van der Waals surface area contributed by atoms with Crippen LogP contribution in [0.15, 0.2) is 69.9 Å². The Labute approximate surface area is 175 Å². The molecule has 2 aromatic carbocycles. The number of methoxy groups -OCH3 is 1. The van der Waals surface area contributed by atoms with E-state index in [1.54, 1.807) is 31.4 Å². The standard InChI is InChI=1S/C25H24O5/c1-16(26)25(17(2)27)19(11-8-18-9-12-20(29-3)13-10-18)14-21-15-23(28)22-6-4-5-7-24(22)30-21/h4-13,15,19,25H,14H2,1-3H3/b11-8+. The third kappa shape index (κ3) is 4.92. The summed E-state index contributed by atoms with van der Waals surface area (Å²) >= 11 is 0. The second kappa shape index (κ2) is 9.35. The smallest absolute Gasteiger partial charge is 0.192 e. The number of ketones is 2. The van der Waals surface area contributed by atoms with E-state index in [1.807, 2.05) is 36.4 Å². The zero-order valence-electron chi connectivity index (χ0n) is 17.3. The summed E-state index contributed by atoms with van der Waals surface area (Å²) in [4.78, 5) is 36.9. The summed E-state index contributed by atoms with van der Waals surface area (Å²) in [6.45, 7) is 2.83. The Morgan fingerprint density at radius 1 is 1.03 bits per heavy atom. The summed E-state index contributed by atoms with van der Waals surface area (Å²) in [6, 6.07) is 15.9. The molecule has 0 saturated heterocycles. The lowest BCUT2D eigenvalue weighted by molar-refractivity contribution is -0.131. The molecule has 0 saturated carbocycles. The van der Waals surface area contributed by atoms with Gasteiger partial charge < -0.3 is 9.15 Å². The maximum absolute atomic E-state index is 12.4.